The van der Waals surface area contributed by atoms with Crippen molar-refractivity contribution < 1.29 is 37.7 Å². The number of hydrogen-bond donors (Lipinski definition) is 2. The lowest BCUT2D eigenvalue weighted by Crippen LogP contribution is -2.46. The van der Waals surface area contributed by atoms with E-state index in [1.165, 1.54) is 25.3 Å². The quantitative estimate of drug-likeness (QED) is 0.772. The molecule has 2 N–H and O–H groups in total. The third-order valence-electron chi connectivity index (χ3n) is 4.13. The molecule has 0 radical (unpaired) electrons. The maximum absolute atomic E-state index is 12.3. The number of carboxylic acids is 1. The van der Waals surface area contributed by atoms with E-state index in [1.54, 1.807) is 0 Å². The first-order valence-electron chi connectivity index (χ1n) is 7.60. The van der Waals surface area contributed by atoms with Gasteiger partial charge < -0.3 is 24.6 Å². The number of carboxylic acid groups (broad SMARTS) is 1. The second kappa shape index (κ2) is 8.11. The molecule has 7 nitrogen and oxygen atoms in total. The molecule has 0 bridgehead atoms. The van der Waals surface area contributed by atoms with Gasteiger partial charge in [-0.2, -0.15) is 8.78 Å². The van der Waals surface area contributed by atoms with E-state index in [0.717, 1.165) is 0 Å². The van der Waals surface area contributed by atoms with Crippen LogP contribution in [0.2, 0.25) is 0 Å². The third-order valence-corrected chi connectivity index (χ3v) is 4.13. The Hall–Kier alpha value is -2.42. The Morgan fingerprint density at radius 3 is 2.56 bits per heavy atom. The van der Waals surface area contributed by atoms with E-state index in [2.05, 4.69) is 10.1 Å². The lowest BCUT2D eigenvalue weighted by atomic mass is 9.80. The molecule has 9 heteroatoms. The standard InChI is InChI=1S/C16H19F2NO6/c1-23-12-8-10(2-3-11(12)25-15(17)18)13(20)19-9-16(14(21)22)4-6-24-7-5-16/h2-3,8,15H,4-7,9H2,1H3,(H,19,20)(H,21,22). The van der Waals surface area contributed by atoms with Gasteiger partial charge in [0.15, 0.2) is 11.5 Å². The van der Waals surface area contributed by atoms with Crippen molar-refractivity contribution in [1.82, 2.24) is 5.32 Å². The van der Waals surface area contributed by atoms with Gasteiger partial charge in [0.1, 0.15) is 0 Å². The second-order valence-corrected chi connectivity index (χ2v) is 5.62. The number of hydrogen-bond acceptors (Lipinski definition) is 5. The van der Waals surface area contributed by atoms with Crippen LogP contribution in [0.3, 0.4) is 0 Å². The van der Waals surface area contributed by atoms with E-state index >= 15 is 0 Å². The van der Waals surface area contributed by atoms with Gasteiger partial charge in [0, 0.05) is 25.3 Å². The summed E-state index contributed by atoms with van der Waals surface area (Å²) in [6.45, 7) is -2.44. The summed E-state index contributed by atoms with van der Waals surface area (Å²) in [5.74, 6) is -1.74. The van der Waals surface area contributed by atoms with Gasteiger partial charge in [0.2, 0.25) is 0 Å². The minimum atomic E-state index is -3.02. The van der Waals surface area contributed by atoms with Gasteiger partial charge >= 0.3 is 12.6 Å². The summed E-state index contributed by atoms with van der Waals surface area (Å²) in [6, 6.07) is 3.75. The summed E-state index contributed by atoms with van der Waals surface area (Å²) >= 11 is 0. The number of benzene rings is 1. The smallest absolute Gasteiger partial charge is 0.387 e. The van der Waals surface area contributed by atoms with Gasteiger partial charge in [0.05, 0.1) is 12.5 Å². The number of aliphatic carboxylic acids is 1. The largest absolute Gasteiger partial charge is 0.493 e. The molecule has 1 heterocycles. The maximum Gasteiger partial charge on any atom is 0.387 e. The molecular weight excluding hydrogens is 340 g/mol. The molecular formula is C16H19F2NO6. The molecule has 138 valence electrons. The van der Waals surface area contributed by atoms with Crippen LogP contribution in [0.5, 0.6) is 11.5 Å². The highest BCUT2D eigenvalue weighted by molar-refractivity contribution is 5.95. The average Bonchev–Trinajstić information content (AvgIpc) is 2.60. The second-order valence-electron chi connectivity index (χ2n) is 5.62. The first-order chi connectivity index (χ1) is 11.9. The Morgan fingerprint density at radius 2 is 2.00 bits per heavy atom. The van der Waals surface area contributed by atoms with Crippen molar-refractivity contribution in [3.8, 4) is 11.5 Å². The molecule has 1 saturated heterocycles. The number of carbonyl (C=O) groups excluding carboxylic acids is 1. The number of alkyl halides is 2. The molecule has 0 atom stereocenters. The van der Waals surface area contributed by atoms with Gasteiger partial charge in [-0.05, 0) is 31.0 Å². The van der Waals surface area contributed by atoms with Crippen molar-refractivity contribution in [2.75, 3.05) is 26.9 Å². The highest BCUT2D eigenvalue weighted by atomic mass is 19.3. The zero-order chi connectivity index (χ0) is 18.4. The molecule has 25 heavy (non-hydrogen) atoms. The van der Waals surface area contributed by atoms with Crippen LogP contribution in [-0.4, -0.2) is 50.5 Å². The highest BCUT2D eigenvalue weighted by Crippen LogP contribution is 2.31. The Morgan fingerprint density at radius 1 is 1.32 bits per heavy atom. The van der Waals surface area contributed by atoms with E-state index in [-0.39, 0.29) is 23.6 Å². The van der Waals surface area contributed by atoms with Crippen LogP contribution < -0.4 is 14.8 Å². The van der Waals surface area contributed by atoms with Crippen LogP contribution in [0.15, 0.2) is 18.2 Å². The van der Waals surface area contributed by atoms with Gasteiger partial charge in [-0.3, -0.25) is 9.59 Å². The first kappa shape index (κ1) is 18.9. The number of carbonyl (C=O) groups is 2. The number of rotatable bonds is 7. The van der Waals surface area contributed by atoms with Crippen molar-refractivity contribution in [2.45, 2.75) is 19.5 Å². The van der Waals surface area contributed by atoms with Gasteiger partial charge in [0.25, 0.3) is 5.91 Å². The molecule has 1 aliphatic rings. The van der Waals surface area contributed by atoms with Crippen molar-refractivity contribution in [3.05, 3.63) is 23.8 Å². The lowest BCUT2D eigenvalue weighted by Gasteiger charge is -2.33. The normalized spacial score (nSPS) is 16.3. The fourth-order valence-electron chi connectivity index (χ4n) is 2.58. The van der Waals surface area contributed by atoms with Crippen LogP contribution in [-0.2, 0) is 9.53 Å². The van der Waals surface area contributed by atoms with Crippen LogP contribution in [0.4, 0.5) is 8.78 Å². The molecule has 1 aromatic rings. The molecule has 2 rings (SSSR count). The van der Waals surface area contributed by atoms with E-state index in [0.29, 0.717) is 26.1 Å². The average molecular weight is 359 g/mol. The van der Waals surface area contributed by atoms with Crippen molar-refractivity contribution >= 4 is 11.9 Å². The van der Waals surface area contributed by atoms with Crippen LogP contribution in [0.1, 0.15) is 23.2 Å². The van der Waals surface area contributed by atoms with Gasteiger partial charge in [-0.15, -0.1) is 0 Å². The topological polar surface area (TPSA) is 94.1 Å². The zero-order valence-electron chi connectivity index (χ0n) is 13.6. The lowest BCUT2D eigenvalue weighted by molar-refractivity contribution is -0.154. The Kier molecular flexibility index (Phi) is 6.13. The van der Waals surface area contributed by atoms with Gasteiger partial charge in [-0.25, -0.2) is 0 Å². The van der Waals surface area contributed by atoms with Crippen LogP contribution in [0.25, 0.3) is 0 Å². The minimum Gasteiger partial charge on any atom is -0.493 e. The Labute approximate surface area is 142 Å². The predicted octanol–water partition coefficient (Wildman–Crippen LogP) is 1.91. The molecule has 1 amide bonds. The number of nitrogens with one attached hydrogen (secondary N) is 1. The summed E-state index contributed by atoms with van der Waals surface area (Å²) < 4.78 is 39.0. The van der Waals surface area contributed by atoms with Crippen molar-refractivity contribution in [1.29, 1.82) is 0 Å². The molecule has 1 aromatic carbocycles. The van der Waals surface area contributed by atoms with E-state index in [1.807, 2.05) is 0 Å². The monoisotopic (exact) mass is 359 g/mol. The molecule has 1 fully saturated rings. The first-order valence-corrected chi connectivity index (χ1v) is 7.60. The van der Waals surface area contributed by atoms with E-state index in [9.17, 15) is 23.5 Å². The summed E-state index contributed by atoms with van der Waals surface area (Å²) in [5.41, 5.74) is -0.928. The number of halogens is 2. The Balaban J connectivity index is 2.08. The molecule has 0 saturated carbocycles. The predicted molar refractivity (Wildman–Crippen MR) is 82.1 cm³/mol. The van der Waals surface area contributed by atoms with Crippen LogP contribution in [0, 0.1) is 5.41 Å². The van der Waals surface area contributed by atoms with Crippen LogP contribution >= 0.6 is 0 Å². The summed E-state index contributed by atoms with van der Waals surface area (Å²) in [4.78, 5) is 23.8. The maximum atomic E-state index is 12.3. The molecule has 0 unspecified atom stereocenters. The Bertz CT molecular complexity index is 631. The van der Waals surface area contributed by atoms with Crippen molar-refractivity contribution in [3.63, 3.8) is 0 Å². The molecule has 0 aromatic heterocycles. The SMILES string of the molecule is COc1cc(C(=O)NCC2(C(=O)O)CCOCC2)ccc1OC(F)F. The fourth-order valence-corrected chi connectivity index (χ4v) is 2.58. The molecule has 1 aliphatic heterocycles. The number of methoxy groups -OCH3 is 1. The number of ether oxygens (including phenoxy) is 3. The van der Waals surface area contributed by atoms with E-state index < -0.39 is 23.9 Å². The summed E-state index contributed by atoms with van der Waals surface area (Å²) in [7, 11) is 1.26. The minimum absolute atomic E-state index is 0.0213. The van der Waals surface area contributed by atoms with Gasteiger partial charge in [-0.1, -0.05) is 0 Å². The third kappa shape index (κ3) is 4.56. The van der Waals surface area contributed by atoms with E-state index in [4.69, 9.17) is 9.47 Å². The highest BCUT2D eigenvalue weighted by Gasteiger charge is 2.40. The summed E-state index contributed by atoms with van der Waals surface area (Å²) in [6.07, 6.45) is 0.597. The number of amides is 1. The van der Waals surface area contributed by atoms with Crippen molar-refractivity contribution in [2.24, 2.45) is 5.41 Å². The fraction of sp³-hybridized carbons (Fsp3) is 0.500. The summed E-state index contributed by atoms with van der Waals surface area (Å²) in [5, 5.41) is 12.0. The molecule has 0 aliphatic carbocycles. The molecule has 0 spiro atoms. The zero-order valence-corrected chi connectivity index (χ0v) is 13.6.